The van der Waals surface area contributed by atoms with E-state index >= 15 is 0 Å². The molecule has 0 rings (SSSR count). The number of carbonyl (C=O) groups excluding carboxylic acids is 1. The summed E-state index contributed by atoms with van der Waals surface area (Å²) >= 11 is 0. The van der Waals surface area contributed by atoms with Gasteiger partial charge in [-0.15, -0.1) is 0 Å². The molecule has 0 aliphatic carbocycles. The molecule has 0 radical (unpaired) electrons. The summed E-state index contributed by atoms with van der Waals surface area (Å²) in [5, 5.41) is 3.27. The highest BCUT2D eigenvalue weighted by molar-refractivity contribution is 6.60. The van der Waals surface area contributed by atoms with E-state index in [1.54, 1.807) is 21.3 Å². The number of rotatable bonds is 26. The minimum Gasteiger partial charge on any atom is -0.466 e. The SMILES string of the molecule is CO[Si](CCCNCCC(=O)OCCCCCCCCCCCCCCCC(C)C)(OC)OC. The van der Waals surface area contributed by atoms with Crippen molar-refractivity contribution in [2.45, 2.75) is 123 Å². The summed E-state index contributed by atoms with van der Waals surface area (Å²) in [6, 6.07) is 0.757. The van der Waals surface area contributed by atoms with Crippen LogP contribution in [0, 0.1) is 5.92 Å². The van der Waals surface area contributed by atoms with Gasteiger partial charge in [0.1, 0.15) is 0 Å². The molecule has 204 valence electrons. The number of carbonyl (C=O) groups is 1. The van der Waals surface area contributed by atoms with Gasteiger partial charge in [-0.3, -0.25) is 4.79 Å². The number of unbranched alkanes of at least 4 members (excludes halogenated alkanes) is 12. The average molecular weight is 504 g/mol. The lowest BCUT2D eigenvalue weighted by Crippen LogP contribution is -2.43. The van der Waals surface area contributed by atoms with E-state index in [-0.39, 0.29) is 5.97 Å². The van der Waals surface area contributed by atoms with Gasteiger partial charge in [-0.2, -0.15) is 0 Å². The third-order valence-corrected chi connectivity index (χ3v) is 9.30. The third-order valence-electron chi connectivity index (χ3n) is 6.46. The van der Waals surface area contributed by atoms with E-state index in [0.29, 0.717) is 19.6 Å². The number of nitrogens with one attached hydrogen (secondary N) is 1. The Balaban J connectivity index is 3.31. The Morgan fingerprint density at radius 1 is 0.676 bits per heavy atom. The molecular weight excluding hydrogens is 446 g/mol. The van der Waals surface area contributed by atoms with Gasteiger partial charge in [0.05, 0.1) is 13.0 Å². The Kier molecular flexibility index (Phi) is 23.9. The molecule has 0 atom stereocenters. The maximum atomic E-state index is 11.8. The van der Waals surface area contributed by atoms with Crippen molar-refractivity contribution in [3.63, 3.8) is 0 Å². The van der Waals surface area contributed by atoms with Gasteiger partial charge in [0, 0.05) is 33.9 Å². The van der Waals surface area contributed by atoms with Gasteiger partial charge in [-0.05, 0) is 25.3 Å². The fourth-order valence-electron chi connectivity index (χ4n) is 4.16. The first-order valence-electron chi connectivity index (χ1n) is 14.0. The van der Waals surface area contributed by atoms with Crippen LogP contribution in [0.25, 0.3) is 0 Å². The van der Waals surface area contributed by atoms with Crippen molar-refractivity contribution >= 4 is 14.8 Å². The minimum absolute atomic E-state index is 0.109. The molecule has 0 aliphatic rings. The summed E-state index contributed by atoms with van der Waals surface area (Å²) in [5.74, 6) is 0.753. The van der Waals surface area contributed by atoms with Crippen molar-refractivity contribution in [3.05, 3.63) is 0 Å². The topological polar surface area (TPSA) is 66.0 Å². The maximum absolute atomic E-state index is 11.8. The molecule has 0 heterocycles. The molecule has 1 N–H and O–H groups in total. The fraction of sp³-hybridized carbons (Fsp3) is 0.963. The normalized spacial score (nSPS) is 11.9. The van der Waals surface area contributed by atoms with E-state index in [1.807, 2.05) is 0 Å². The summed E-state index contributed by atoms with van der Waals surface area (Å²) in [6.07, 6.45) is 20.0. The largest absolute Gasteiger partial charge is 0.500 e. The highest BCUT2D eigenvalue weighted by Crippen LogP contribution is 2.15. The summed E-state index contributed by atoms with van der Waals surface area (Å²) in [6.45, 7) is 6.63. The first-order chi connectivity index (χ1) is 16.5. The molecule has 0 aliphatic heterocycles. The second-order valence-corrected chi connectivity index (χ2v) is 13.0. The average Bonchev–Trinajstić information content (AvgIpc) is 2.83. The van der Waals surface area contributed by atoms with E-state index in [0.717, 1.165) is 37.8 Å². The van der Waals surface area contributed by atoms with Crippen molar-refractivity contribution < 1.29 is 22.8 Å². The molecule has 0 fully saturated rings. The maximum Gasteiger partial charge on any atom is 0.500 e. The zero-order chi connectivity index (χ0) is 25.3. The quantitative estimate of drug-likeness (QED) is 0.0787. The summed E-state index contributed by atoms with van der Waals surface area (Å²) in [5.41, 5.74) is 0. The van der Waals surface area contributed by atoms with Crippen molar-refractivity contribution in [1.82, 2.24) is 5.32 Å². The standard InChI is InChI=1S/C27H57NO5Si/c1-26(2)20-17-15-13-11-9-7-6-8-10-12-14-16-18-24-33-27(29)21-23-28-22-19-25-34(30-3,31-4)32-5/h26,28H,6-25H2,1-5H3. The predicted molar refractivity (Wildman–Crippen MR) is 144 cm³/mol. The Morgan fingerprint density at radius 3 is 1.62 bits per heavy atom. The lowest BCUT2D eigenvalue weighted by atomic mass is 10.0. The number of hydrogen-bond acceptors (Lipinski definition) is 6. The van der Waals surface area contributed by atoms with Crippen LogP contribution in [0.2, 0.25) is 6.04 Å². The Labute approximate surface area is 212 Å². The number of esters is 1. The smallest absolute Gasteiger partial charge is 0.466 e. The second-order valence-electron chi connectivity index (χ2n) is 9.90. The van der Waals surface area contributed by atoms with Gasteiger partial charge < -0.3 is 23.3 Å². The lowest BCUT2D eigenvalue weighted by Gasteiger charge is -2.24. The molecule has 0 bridgehead atoms. The van der Waals surface area contributed by atoms with E-state index in [4.69, 9.17) is 18.0 Å². The van der Waals surface area contributed by atoms with Crippen molar-refractivity contribution in [1.29, 1.82) is 0 Å². The highest BCUT2D eigenvalue weighted by atomic mass is 28.4. The van der Waals surface area contributed by atoms with Crippen LogP contribution in [0.15, 0.2) is 0 Å². The summed E-state index contributed by atoms with van der Waals surface area (Å²) in [7, 11) is 2.40. The molecular formula is C27H57NO5Si. The van der Waals surface area contributed by atoms with Crippen LogP contribution >= 0.6 is 0 Å². The van der Waals surface area contributed by atoms with E-state index in [9.17, 15) is 4.79 Å². The van der Waals surface area contributed by atoms with E-state index < -0.39 is 8.80 Å². The van der Waals surface area contributed by atoms with Gasteiger partial charge in [-0.25, -0.2) is 0 Å². The molecule has 0 saturated heterocycles. The van der Waals surface area contributed by atoms with Gasteiger partial charge in [-0.1, -0.05) is 97.3 Å². The zero-order valence-corrected chi connectivity index (χ0v) is 24.3. The van der Waals surface area contributed by atoms with Crippen LogP contribution in [0.4, 0.5) is 0 Å². The molecule has 0 aromatic heterocycles. The third kappa shape index (κ3) is 20.9. The number of ether oxygens (including phenoxy) is 1. The Hall–Kier alpha value is -0.473. The molecule has 6 nitrogen and oxygen atoms in total. The van der Waals surface area contributed by atoms with Gasteiger partial charge in [0.2, 0.25) is 0 Å². The Bertz CT molecular complexity index is 438. The first kappa shape index (κ1) is 33.5. The second kappa shape index (κ2) is 24.2. The molecule has 0 saturated carbocycles. The predicted octanol–water partition coefficient (Wildman–Crippen LogP) is 6.89. The molecule has 7 heteroatoms. The van der Waals surface area contributed by atoms with E-state index in [2.05, 4.69) is 19.2 Å². The lowest BCUT2D eigenvalue weighted by molar-refractivity contribution is -0.143. The minimum atomic E-state index is -2.48. The van der Waals surface area contributed by atoms with Crippen LogP contribution in [0.1, 0.15) is 117 Å². The van der Waals surface area contributed by atoms with Crippen LogP contribution in [-0.2, 0) is 22.8 Å². The van der Waals surface area contributed by atoms with Gasteiger partial charge in [0.15, 0.2) is 0 Å². The van der Waals surface area contributed by atoms with Crippen molar-refractivity contribution in [2.24, 2.45) is 5.92 Å². The van der Waals surface area contributed by atoms with Crippen molar-refractivity contribution in [3.8, 4) is 0 Å². The van der Waals surface area contributed by atoms with Crippen LogP contribution < -0.4 is 5.32 Å². The first-order valence-corrected chi connectivity index (χ1v) is 15.9. The highest BCUT2D eigenvalue weighted by Gasteiger charge is 2.36. The molecule has 34 heavy (non-hydrogen) atoms. The molecule has 0 amide bonds. The van der Waals surface area contributed by atoms with Crippen LogP contribution in [-0.4, -0.2) is 55.8 Å². The zero-order valence-electron chi connectivity index (χ0n) is 23.3. The van der Waals surface area contributed by atoms with E-state index in [1.165, 1.54) is 77.0 Å². The molecule has 0 spiro atoms. The summed E-state index contributed by atoms with van der Waals surface area (Å²) < 4.78 is 21.5. The van der Waals surface area contributed by atoms with Crippen LogP contribution in [0.3, 0.4) is 0 Å². The number of hydrogen-bond donors (Lipinski definition) is 1. The monoisotopic (exact) mass is 503 g/mol. The van der Waals surface area contributed by atoms with Gasteiger partial charge >= 0.3 is 14.8 Å². The van der Waals surface area contributed by atoms with Crippen LogP contribution in [0.5, 0.6) is 0 Å². The van der Waals surface area contributed by atoms with Gasteiger partial charge in [0.25, 0.3) is 0 Å². The van der Waals surface area contributed by atoms with Crippen molar-refractivity contribution in [2.75, 3.05) is 41.0 Å². The summed E-state index contributed by atoms with van der Waals surface area (Å²) in [4.78, 5) is 11.8. The molecule has 0 unspecified atom stereocenters. The Morgan fingerprint density at radius 2 is 1.15 bits per heavy atom. The molecule has 0 aromatic carbocycles. The molecule has 0 aromatic rings. The fourth-order valence-corrected chi connectivity index (χ4v) is 5.88.